The highest BCUT2D eigenvalue weighted by molar-refractivity contribution is 5.83. The van der Waals surface area contributed by atoms with E-state index in [0.717, 1.165) is 54.6 Å². The van der Waals surface area contributed by atoms with E-state index < -0.39 is 0 Å². The third-order valence-corrected chi connectivity index (χ3v) is 4.02. The number of aryl methyl sites for hydroxylation is 2. The number of fused-ring (bicyclic) bond motifs is 1. The normalized spacial score (nSPS) is 16.8. The number of aromatic nitrogens is 4. The molecule has 1 saturated heterocycles. The van der Waals surface area contributed by atoms with Crippen LogP contribution >= 0.6 is 0 Å². The fraction of sp³-hybridized carbons (Fsp3) is 0.667. The summed E-state index contributed by atoms with van der Waals surface area (Å²) in [4.78, 5) is 13.9. The van der Waals surface area contributed by atoms with Crippen molar-refractivity contribution in [2.24, 2.45) is 0 Å². The first kappa shape index (κ1) is 14.3. The first-order chi connectivity index (χ1) is 10.1. The maximum Gasteiger partial charge on any atom is 0.166 e. The van der Waals surface area contributed by atoms with Crippen molar-refractivity contribution in [3.63, 3.8) is 0 Å². The van der Waals surface area contributed by atoms with Gasteiger partial charge < -0.3 is 15.2 Å². The Balaban J connectivity index is 2.03. The molecule has 0 amide bonds. The molecule has 3 heterocycles. The van der Waals surface area contributed by atoms with Crippen LogP contribution < -0.4 is 10.6 Å². The van der Waals surface area contributed by atoms with Crippen LogP contribution in [0.15, 0.2) is 0 Å². The molecule has 1 aliphatic heterocycles. The van der Waals surface area contributed by atoms with Gasteiger partial charge >= 0.3 is 0 Å². The van der Waals surface area contributed by atoms with Gasteiger partial charge in [0.05, 0.1) is 0 Å². The van der Waals surface area contributed by atoms with E-state index in [9.17, 15) is 0 Å². The molecule has 0 spiro atoms. The third-order valence-electron chi connectivity index (χ3n) is 4.02. The van der Waals surface area contributed by atoms with Gasteiger partial charge in [-0.25, -0.2) is 15.0 Å². The van der Waals surface area contributed by atoms with E-state index in [1.165, 1.54) is 0 Å². The summed E-state index contributed by atoms with van der Waals surface area (Å²) in [6.07, 6.45) is 2.24. The Hall–Kier alpha value is -1.69. The highest BCUT2D eigenvalue weighted by Gasteiger charge is 2.19. The second-order valence-corrected chi connectivity index (χ2v) is 6.08. The lowest BCUT2D eigenvalue weighted by molar-refractivity contribution is 0.478. The molecule has 3 rings (SSSR count). The van der Waals surface area contributed by atoms with Crippen molar-refractivity contribution in [1.82, 2.24) is 24.8 Å². The van der Waals surface area contributed by atoms with Crippen LogP contribution in [0, 0.1) is 13.8 Å². The van der Waals surface area contributed by atoms with Crippen LogP contribution in [0.3, 0.4) is 0 Å². The minimum Gasteiger partial charge on any atom is -0.365 e. The van der Waals surface area contributed by atoms with Crippen LogP contribution in [-0.2, 0) is 0 Å². The van der Waals surface area contributed by atoms with Crippen LogP contribution in [0.1, 0.15) is 44.4 Å². The van der Waals surface area contributed by atoms with Gasteiger partial charge in [0.25, 0.3) is 0 Å². The smallest absolute Gasteiger partial charge is 0.166 e. The van der Waals surface area contributed by atoms with Gasteiger partial charge in [0.1, 0.15) is 11.6 Å². The summed E-state index contributed by atoms with van der Waals surface area (Å²) >= 11 is 0. The molecule has 2 aromatic rings. The van der Waals surface area contributed by atoms with Gasteiger partial charge in [-0.1, -0.05) is 0 Å². The SMILES string of the molecule is Cc1nc(NC2CCNCC2)c2nc(C)n(C(C)C)c2n1. The average molecular weight is 288 g/mol. The molecule has 0 saturated carbocycles. The number of rotatable bonds is 3. The summed E-state index contributed by atoms with van der Waals surface area (Å²) in [6, 6.07) is 0.810. The molecule has 0 aliphatic carbocycles. The van der Waals surface area contributed by atoms with Crippen LogP contribution in [0.5, 0.6) is 0 Å². The predicted octanol–water partition coefficient (Wildman–Crippen LogP) is 2.19. The maximum atomic E-state index is 4.70. The molecule has 0 radical (unpaired) electrons. The van der Waals surface area contributed by atoms with Crippen LogP contribution in [0.2, 0.25) is 0 Å². The molecule has 6 nitrogen and oxygen atoms in total. The molecule has 0 atom stereocenters. The molecule has 1 fully saturated rings. The van der Waals surface area contributed by atoms with Gasteiger partial charge in [0.2, 0.25) is 0 Å². The van der Waals surface area contributed by atoms with E-state index in [1.54, 1.807) is 0 Å². The van der Waals surface area contributed by atoms with Crippen molar-refractivity contribution < 1.29 is 0 Å². The number of nitrogens with one attached hydrogen (secondary N) is 2. The fourth-order valence-electron chi connectivity index (χ4n) is 3.07. The Kier molecular flexibility index (Phi) is 3.80. The average Bonchev–Trinajstić information content (AvgIpc) is 2.76. The monoisotopic (exact) mass is 288 g/mol. The Morgan fingerprint density at radius 3 is 2.52 bits per heavy atom. The predicted molar refractivity (Wildman–Crippen MR) is 84.7 cm³/mol. The van der Waals surface area contributed by atoms with E-state index in [4.69, 9.17) is 4.98 Å². The van der Waals surface area contributed by atoms with E-state index >= 15 is 0 Å². The van der Waals surface area contributed by atoms with Gasteiger partial charge in [0.15, 0.2) is 17.0 Å². The first-order valence-corrected chi connectivity index (χ1v) is 7.76. The minimum absolute atomic E-state index is 0.344. The Labute approximate surface area is 125 Å². The summed E-state index contributed by atoms with van der Waals surface area (Å²) in [5.41, 5.74) is 1.83. The molecule has 114 valence electrons. The zero-order chi connectivity index (χ0) is 15.0. The lowest BCUT2D eigenvalue weighted by Crippen LogP contribution is -2.35. The van der Waals surface area contributed by atoms with Crippen molar-refractivity contribution >= 4 is 17.0 Å². The quantitative estimate of drug-likeness (QED) is 0.906. The number of imidazole rings is 1. The number of hydrogen-bond acceptors (Lipinski definition) is 5. The topological polar surface area (TPSA) is 67.7 Å². The Bertz CT molecular complexity index is 639. The lowest BCUT2D eigenvalue weighted by Gasteiger charge is -2.24. The van der Waals surface area contributed by atoms with Crippen LogP contribution in [0.4, 0.5) is 5.82 Å². The van der Waals surface area contributed by atoms with E-state index in [2.05, 4.69) is 39.0 Å². The summed E-state index contributed by atoms with van der Waals surface area (Å²) in [6.45, 7) is 10.4. The largest absolute Gasteiger partial charge is 0.365 e. The van der Waals surface area contributed by atoms with E-state index in [1.807, 2.05) is 13.8 Å². The van der Waals surface area contributed by atoms with Crippen molar-refractivity contribution in [3.8, 4) is 0 Å². The van der Waals surface area contributed by atoms with Crippen molar-refractivity contribution in [2.45, 2.75) is 52.6 Å². The highest BCUT2D eigenvalue weighted by atomic mass is 15.2. The van der Waals surface area contributed by atoms with Gasteiger partial charge in [-0.3, -0.25) is 0 Å². The zero-order valence-corrected chi connectivity index (χ0v) is 13.3. The molecule has 1 aliphatic rings. The van der Waals surface area contributed by atoms with E-state index in [0.29, 0.717) is 12.1 Å². The van der Waals surface area contributed by atoms with Gasteiger partial charge in [-0.2, -0.15) is 0 Å². The molecule has 0 unspecified atom stereocenters. The molecule has 2 aromatic heterocycles. The first-order valence-electron chi connectivity index (χ1n) is 7.76. The third kappa shape index (κ3) is 2.72. The summed E-state index contributed by atoms with van der Waals surface area (Å²) in [7, 11) is 0. The number of piperidine rings is 1. The van der Waals surface area contributed by atoms with Crippen molar-refractivity contribution in [2.75, 3.05) is 18.4 Å². The molecule has 6 heteroatoms. The molecule has 0 bridgehead atoms. The standard InChI is InChI=1S/C15H24N6/c1-9(2)21-11(4)19-13-14(17-10(3)18-15(13)21)20-12-5-7-16-8-6-12/h9,12,16H,5-8H2,1-4H3,(H,17,18,20). The van der Waals surface area contributed by atoms with Crippen molar-refractivity contribution in [3.05, 3.63) is 11.6 Å². The van der Waals surface area contributed by atoms with E-state index in [-0.39, 0.29) is 0 Å². The van der Waals surface area contributed by atoms with Crippen LogP contribution in [-0.4, -0.2) is 38.7 Å². The second kappa shape index (κ2) is 5.60. The molecule has 0 aromatic carbocycles. The fourth-order valence-corrected chi connectivity index (χ4v) is 3.07. The number of anilines is 1. The highest BCUT2D eigenvalue weighted by Crippen LogP contribution is 2.25. The summed E-state index contributed by atoms with van der Waals surface area (Å²) < 4.78 is 2.18. The van der Waals surface area contributed by atoms with Crippen molar-refractivity contribution in [1.29, 1.82) is 0 Å². The van der Waals surface area contributed by atoms with Gasteiger partial charge in [-0.15, -0.1) is 0 Å². The minimum atomic E-state index is 0.344. The molecule has 21 heavy (non-hydrogen) atoms. The van der Waals surface area contributed by atoms with Gasteiger partial charge in [0, 0.05) is 12.1 Å². The summed E-state index contributed by atoms with van der Waals surface area (Å²) in [5, 5.41) is 6.96. The zero-order valence-electron chi connectivity index (χ0n) is 13.3. The second-order valence-electron chi connectivity index (χ2n) is 6.08. The number of hydrogen-bond donors (Lipinski definition) is 2. The Morgan fingerprint density at radius 2 is 1.86 bits per heavy atom. The molecule has 2 N–H and O–H groups in total. The molecular formula is C15H24N6. The molecular weight excluding hydrogens is 264 g/mol. The number of nitrogens with zero attached hydrogens (tertiary/aromatic N) is 4. The van der Waals surface area contributed by atoms with Crippen LogP contribution in [0.25, 0.3) is 11.2 Å². The maximum absolute atomic E-state index is 4.70. The summed E-state index contributed by atoms with van der Waals surface area (Å²) in [5.74, 6) is 2.67. The van der Waals surface area contributed by atoms with Gasteiger partial charge in [-0.05, 0) is 53.6 Å². The lowest BCUT2D eigenvalue weighted by atomic mass is 10.1. The Morgan fingerprint density at radius 1 is 1.14 bits per heavy atom.